The van der Waals surface area contributed by atoms with Gasteiger partial charge in [0.05, 0.1) is 20.3 Å². The summed E-state index contributed by atoms with van der Waals surface area (Å²) in [5.41, 5.74) is 6.61. The zero-order chi connectivity index (χ0) is 11.7. The van der Waals surface area contributed by atoms with E-state index in [2.05, 4.69) is 0 Å². The molecule has 3 N–H and O–H groups in total. The molecule has 16 heavy (non-hydrogen) atoms. The highest BCUT2D eigenvalue weighted by Gasteiger charge is 2.30. The standard InChI is InChI=1S/C11H15NO4/c1-14-8-4-3-6-9(12)7(13)5-16-10(6)11(8)15-2/h3-4,7,9,13H,5,12H2,1-2H3/t7-,9+/m0/s1. The zero-order valence-corrected chi connectivity index (χ0v) is 9.27. The minimum atomic E-state index is -0.689. The average Bonchev–Trinajstić information content (AvgIpc) is 2.32. The van der Waals surface area contributed by atoms with E-state index in [-0.39, 0.29) is 6.61 Å². The van der Waals surface area contributed by atoms with Gasteiger partial charge in [-0.3, -0.25) is 0 Å². The van der Waals surface area contributed by atoms with Crippen LogP contribution >= 0.6 is 0 Å². The Balaban J connectivity index is 2.52. The van der Waals surface area contributed by atoms with Gasteiger partial charge in [0.2, 0.25) is 5.75 Å². The van der Waals surface area contributed by atoms with E-state index < -0.39 is 12.1 Å². The predicted molar refractivity (Wildman–Crippen MR) is 58.0 cm³/mol. The molecule has 2 rings (SSSR count). The lowest BCUT2D eigenvalue weighted by molar-refractivity contribution is 0.0656. The number of fused-ring (bicyclic) bond motifs is 1. The molecule has 0 amide bonds. The fourth-order valence-corrected chi connectivity index (χ4v) is 1.80. The molecule has 88 valence electrons. The molecule has 5 heteroatoms. The third-order valence-corrected chi connectivity index (χ3v) is 2.70. The Morgan fingerprint density at radius 3 is 2.75 bits per heavy atom. The normalized spacial score (nSPS) is 23.2. The quantitative estimate of drug-likeness (QED) is 0.764. The number of nitrogens with two attached hydrogens (primary N) is 1. The third-order valence-electron chi connectivity index (χ3n) is 2.70. The number of ether oxygens (including phenoxy) is 3. The van der Waals surface area contributed by atoms with Crippen LogP contribution in [-0.2, 0) is 0 Å². The van der Waals surface area contributed by atoms with Crippen molar-refractivity contribution in [1.82, 2.24) is 0 Å². The molecule has 1 aromatic rings. The first kappa shape index (κ1) is 11.0. The lowest BCUT2D eigenvalue weighted by Gasteiger charge is -2.29. The van der Waals surface area contributed by atoms with Crippen molar-refractivity contribution in [2.45, 2.75) is 12.1 Å². The van der Waals surface area contributed by atoms with E-state index in [1.54, 1.807) is 19.2 Å². The van der Waals surface area contributed by atoms with Gasteiger partial charge in [-0.1, -0.05) is 0 Å². The van der Waals surface area contributed by atoms with Crippen LogP contribution < -0.4 is 19.9 Å². The molecule has 0 bridgehead atoms. The molecular formula is C11H15NO4. The number of aliphatic hydroxyl groups excluding tert-OH is 1. The zero-order valence-electron chi connectivity index (χ0n) is 9.27. The van der Waals surface area contributed by atoms with Crippen molar-refractivity contribution < 1.29 is 19.3 Å². The van der Waals surface area contributed by atoms with Crippen LogP contribution in [0.4, 0.5) is 0 Å². The van der Waals surface area contributed by atoms with Crippen molar-refractivity contribution in [3.05, 3.63) is 17.7 Å². The molecule has 0 saturated carbocycles. The fourth-order valence-electron chi connectivity index (χ4n) is 1.80. The molecule has 1 aliphatic heterocycles. The predicted octanol–water partition coefficient (Wildman–Crippen LogP) is 0.457. The Bertz CT molecular complexity index is 394. The van der Waals surface area contributed by atoms with Crippen molar-refractivity contribution in [3.63, 3.8) is 0 Å². The largest absolute Gasteiger partial charge is 0.493 e. The van der Waals surface area contributed by atoms with E-state index in [0.717, 1.165) is 5.56 Å². The van der Waals surface area contributed by atoms with E-state index in [9.17, 15) is 5.11 Å². The average molecular weight is 225 g/mol. The number of hydrogen-bond acceptors (Lipinski definition) is 5. The molecule has 0 radical (unpaired) electrons. The van der Waals surface area contributed by atoms with Crippen molar-refractivity contribution in [1.29, 1.82) is 0 Å². The second kappa shape index (κ2) is 4.19. The van der Waals surface area contributed by atoms with Crippen molar-refractivity contribution in [2.24, 2.45) is 5.73 Å². The summed E-state index contributed by atoms with van der Waals surface area (Å²) < 4.78 is 15.8. The first-order valence-electron chi connectivity index (χ1n) is 5.00. The second-order valence-corrected chi connectivity index (χ2v) is 3.62. The SMILES string of the molecule is COc1ccc2c(c1OC)OC[C@H](O)[C@@H]2N. The molecule has 0 unspecified atom stereocenters. The Kier molecular flexibility index (Phi) is 2.89. The lowest BCUT2D eigenvalue weighted by atomic mass is 9.98. The van der Waals surface area contributed by atoms with Crippen LogP contribution in [0.1, 0.15) is 11.6 Å². The van der Waals surface area contributed by atoms with Crippen molar-refractivity contribution in [3.8, 4) is 17.2 Å². The summed E-state index contributed by atoms with van der Waals surface area (Å²) in [6.45, 7) is 0.164. The van der Waals surface area contributed by atoms with Crippen molar-refractivity contribution in [2.75, 3.05) is 20.8 Å². The molecule has 2 atom stereocenters. The Hall–Kier alpha value is -1.46. The van der Waals surface area contributed by atoms with Crippen molar-refractivity contribution >= 4 is 0 Å². The third kappa shape index (κ3) is 1.58. The van der Waals surface area contributed by atoms with Crippen LogP contribution in [0.15, 0.2) is 12.1 Å². The maximum atomic E-state index is 9.59. The van der Waals surface area contributed by atoms with E-state index >= 15 is 0 Å². The fraction of sp³-hybridized carbons (Fsp3) is 0.455. The first-order chi connectivity index (χ1) is 7.69. The molecule has 1 heterocycles. The molecule has 5 nitrogen and oxygen atoms in total. The van der Waals surface area contributed by atoms with Gasteiger partial charge in [0.15, 0.2) is 11.5 Å². The maximum absolute atomic E-state index is 9.59. The second-order valence-electron chi connectivity index (χ2n) is 3.62. The number of rotatable bonds is 2. The van der Waals surface area contributed by atoms with Gasteiger partial charge >= 0.3 is 0 Å². The number of methoxy groups -OCH3 is 2. The summed E-state index contributed by atoms with van der Waals surface area (Å²) in [6.07, 6.45) is -0.689. The van der Waals surface area contributed by atoms with Gasteiger partial charge in [-0.2, -0.15) is 0 Å². The number of aliphatic hydroxyl groups is 1. The maximum Gasteiger partial charge on any atom is 0.203 e. The van der Waals surface area contributed by atoms with Gasteiger partial charge in [0, 0.05) is 5.56 Å². The molecular weight excluding hydrogens is 210 g/mol. The molecule has 1 aliphatic rings. The number of benzene rings is 1. The smallest absolute Gasteiger partial charge is 0.203 e. The van der Waals surface area contributed by atoms with E-state index in [4.69, 9.17) is 19.9 Å². The highest BCUT2D eigenvalue weighted by Crippen LogP contribution is 2.44. The van der Waals surface area contributed by atoms with Crippen LogP contribution in [0, 0.1) is 0 Å². The summed E-state index contributed by atoms with van der Waals surface area (Å²) in [5, 5.41) is 9.59. The lowest BCUT2D eigenvalue weighted by Crippen LogP contribution is -2.35. The van der Waals surface area contributed by atoms with Gasteiger partial charge in [-0.05, 0) is 12.1 Å². The Morgan fingerprint density at radius 1 is 1.38 bits per heavy atom. The first-order valence-corrected chi connectivity index (χ1v) is 5.00. The monoisotopic (exact) mass is 225 g/mol. The van der Waals surface area contributed by atoms with E-state index in [1.165, 1.54) is 7.11 Å². The summed E-state index contributed by atoms with van der Waals surface area (Å²) in [4.78, 5) is 0. The van der Waals surface area contributed by atoms with Crippen LogP contribution in [0.3, 0.4) is 0 Å². The highest BCUT2D eigenvalue weighted by atomic mass is 16.5. The van der Waals surface area contributed by atoms with Gasteiger partial charge in [0.1, 0.15) is 12.7 Å². The molecule has 0 aromatic heterocycles. The summed E-state index contributed by atoms with van der Waals surface area (Å²) >= 11 is 0. The Morgan fingerprint density at radius 2 is 2.12 bits per heavy atom. The number of hydrogen-bond donors (Lipinski definition) is 2. The summed E-state index contributed by atoms with van der Waals surface area (Å²) in [5.74, 6) is 1.66. The minimum absolute atomic E-state index is 0.164. The van der Waals surface area contributed by atoms with Crippen LogP contribution in [0.5, 0.6) is 17.2 Å². The molecule has 0 spiro atoms. The Labute approximate surface area is 93.7 Å². The van der Waals surface area contributed by atoms with Gasteiger partial charge in [-0.25, -0.2) is 0 Å². The van der Waals surface area contributed by atoms with Gasteiger partial charge in [0.25, 0.3) is 0 Å². The van der Waals surface area contributed by atoms with Gasteiger partial charge in [-0.15, -0.1) is 0 Å². The van der Waals surface area contributed by atoms with Crippen LogP contribution in [0.2, 0.25) is 0 Å². The topological polar surface area (TPSA) is 73.9 Å². The summed E-state index contributed by atoms with van der Waals surface area (Å²) in [7, 11) is 3.10. The molecule has 0 saturated heterocycles. The van der Waals surface area contributed by atoms with Crippen LogP contribution in [-0.4, -0.2) is 32.0 Å². The minimum Gasteiger partial charge on any atom is -0.493 e. The highest BCUT2D eigenvalue weighted by molar-refractivity contribution is 5.57. The van der Waals surface area contributed by atoms with Crippen LogP contribution in [0.25, 0.3) is 0 Å². The summed E-state index contributed by atoms with van der Waals surface area (Å²) in [6, 6.07) is 3.08. The van der Waals surface area contributed by atoms with Gasteiger partial charge < -0.3 is 25.1 Å². The molecule has 0 fully saturated rings. The molecule has 0 aliphatic carbocycles. The van der Waals surface area contributed by atoms with E-state index in [1.807, 2.05) is 0 Å². The van der Waals surface area contributed by atoms with E-state index in [0.29, 0.717) is 17.2 Å². The molecule has 1 aromatic carbocycles.